The first-order valence-electron chi connectivity index (χ1n) is 8.30. The van der Waals surface area contributed by atoms with Crippen LogP contribution in [-0.2, 0) is 6.42 Å². The van der Waals surface area contributed by atoms with Gasteiger partial charge in [0.2, 0.25) is 11.6 Å². The number of nitrogens with one attached hydrogen (secondary N) is 1. The minimum absolute atomic E-state index is 0.0478. The van der Waals surface area contributed by atoms with Crippen LogP contribution in [0.5, 0.6) is 0 Å². The van der Waals surface area contributed by atoms with Crippen LogP contribution in [0, 0.1) is 25.2 Å². The van der Waals surface area contributed by atoms with Gasteiger partial charge in [0.15, 0.2) is 0 Å². The summed E-state index contributed by atoms with van der Waals surface area (Å²) in [5.74, 6) is -2.67. The summed E-state index contributed by atoms with van der Waals surface area (Å²) in [5.41, 5.74) is 4.39. The molecule has 1 N–H and O–H groups in total. The van der Waals surface area contributed by atoms with E-state index in [1.807, 2.05) is 38.1 Å². The van der Waals surface area contributed by atoms with Crippen LogP contribution >= 0.6 is 0 Å². The van der Waals surface area contributed by atoms with E-state index in [0.717, 1.165) is 23.6 Å². The van der Waals surface area contributed by atoms with Gasteiger partial charge >= 0.3 is 0 Å². The van der Waals surface area contributed by atoms with Crippen molar-refractivity contribution in [3.05, 3.63) is 46.9 Å². The molecule has 1 atom stereocenters. The third-order valence-corrected chi connectivity index (χ3v) is 4.17. The highest BCUT2D eigenvalue weighted by Gasteiger charge is 2.33. The van der Waals surface area contributed by atoms with Crippen molar-refractivity contribution >= 4 is 0 Å². The molecule has 1 heterocycles. The van der Waals surface area contributed by atoms with Gasteiger partial charge in [-0.15, -0.1) is 0 Å². The summed E-state index contributed by atoms with van der Waals surface area (Å²) < 4.78 is 38.4. The maximum atomic E-state index is 13.5. The predicted octanol–water partition coefficient (Wildman–Crippen LogP) is 4.11. The minimum Gasteiger partial charge on any atom is -0.281 e. The molecule has 0 amide bonds. The lowest BCUT2D eigenvalue weighted by atomic mass is 10.0. The second kappa shape index (κ2) is 8.28. The van der Waals surface area contributed by atoms with Gasteiger partial charge in [0, 0.05) is 11.3 Å². The molecule has 26 heavy (non-hydrogen) atoms. The summed E-state index contributed by atoms with van der Waals surface area (Å²) in [6.07, 6.45) is -2.27. The zero-order chi connectivity index (χ0) is 19.3. The summed E-state index contributed by atoms with van der Waals surface area (Å²) in [4.78, 5) is 8.38. The molecule has 4 nitrogen and oxygen atoms in total. The normalized spacial score (nSPS) is 13.5. The first-order valence-corrected chi connectivity index (χ1v) is 8.30. The van der Waals surface area contributed by atoms with Gasteiger partial charge < -0.3 is 0 Å². The van der Waals surface area contributed by atoms with Gasteiger partial charge in [-0.05, 0) is 63.4 Å². The molecule has 0 aliphatic heterocycles. The second-order valence-electron chi connectivity index (χ2n) is 6.39. The molecule has 0 spiro atoms. The minimum atomic E-state index is -3.09. The lowest BCUT2D eigenvalue weighted by Crippen LogP contribution is -2.44. The van der Waals surface area contributed by atoms with Crippen molar-refractivity contribution in [1.82, 2.24) is 15.3 Å². The number of nitriles is 1. The Labute approximate surface area is 151 Å². The van der Waals surface area contributed by atoms with Crippen molar-refractivity contribution in [3.63, 3.8) is 0 Å². The fraction of sp³-hybridized carbons (Fsp3) is 0.421. The highest BCUT2D eigenvalue weighted by atomic mass is 19.3. The van der Waals surface area contributed by atoms with Crippen LogP contribution in [0.1, 0.15) is 36.0 Å². The van der Waals surface area contributed by atoms with Crippen LogP contribution in [0.25, 0.3) is 11.3 Å². The first kappa shape index (κ1) is 19.9. The Bertz CT molecular complexity index is 813. The lowest BCUT2D eigenvalue weighted by molar-refractivity contribution is -0.0448. The number of hydrogen-bond donors (Lipinski definition) is 1. The number of nitrogens with zero attached hydrogens (tertiary/aromatic N) is 3. The van der Waals surface area contributed by atoms with Crippen LogP contribution in [0.3, 0.4) is 0 Å². The maximum absolute atomic E-state index is 13.5. The van der Waals surface area contributed by atoms with Crippen molar-refractivity contribution in [1.29, 1.82) is 5.26 Å². The number of benzene rings is 1. The van der Waals surface area contributed by atoms with E-state index < -0.39 is 12.2 Å². The highest BCUT2D eigenvalue weighted by molar-refractivity contribution is 5.61. The van der Waals surface area contributed by atoms with Gasteiger partial charge in [0.25, 0.3) is 6.43 Å². The van der Waals surface area contributed by atoms with Crippen LogP contribution in [0.15, 0.2) is 24.3 Å². The van der Waals surface area contributed by atoms with Crippen molar-refractivity contribution in [2.45, 2.75) is 45.8 Å². The summed E-state index contributed by atoms with van der Waals surface area (Å²) in [6.45, 7) is 4.89. The van der Waals surface area contributed by atoms with Crippen LogP contribution in [0.4, 0.5) is 13.2 Å². The summed E-state index contributed by atoms with van der Waals surface area (Å²) in [5, 5.41) is 11.3. The Morgan fingerprint density at radius 2 is 1.92 bits per heavy atom. The van der Waals surface area contributed by atoms with Gasteiger partial charge in [-0.25, -0.2) is 23.1 Å². The third kappa shape index (κ3) is 5.02. The molecule has 2 rings (SSSR count). The third-order valence-electron chi connectivity index (χ3n) is 4.17. The Balaban J connectivity index is 2.12. The number of hydrogen-bond acceptors (Lipinski definition) is 4. The molecule has 0 saturated heterocycles. The number of aryl methyl sites for hydroxylation is 3. The van der Waals surface area contributed by atoms with Gasteiger partial charge in [0.05, 0.1) is 5.69 Å². The molecule has 0 aliphatic carbocycles. The van der Waals surface area contributed by atoms with E-state index in [9.17, 15) is 13.2 Å². The molecule has 1 aromatic carbocycles. The average molecular weight is 362 g/mol. The van der Waals surface area contributed by atoms with E-state index in [4.69, 9.17) is 5.26 Å². The van der Waals surface area contributed by atoms with Crippen LogP contribution in [0.2, 0.25) is 0 Å². The predicted molar refractivity (Wildman–Crippen MR) is 93.5 cm³/mol. The Hall–Kier alpha value is -2.46. The first-order chi connectivity index (χ1) is 12.2. The monoisotopic (exact) mass is 362 g/mol. The molecule has 0 radical (unpaired) electrons. The fourth-order valence-electron chi connectivity index (χ4n) is 2.40. The van der Waals surface area contributed by atoms with Gasteiger partial charge in [-0.1, -0.05) is 12.1 Å². The molecule has 0 aliphatic rings. The molecule has 0 bridgehead atoms. The van der Waals surface area contributed by atoms with E-state index in [1.54, 1.807) is 6.07 Å². The summed E-state index contributed by atoms with van der Waals surface area (Å²) in [6, 6.07) is 9.60. The Morgan fingerprint density at radius 3 is 2.54 bits per heavy atom. The SMILES string of the molecule is Cc1ccc(-c2cc(CCCNC(C)(F)C(F)F)nc(C#N)n2)cc1C. The standard InChI is InChI=1S/C19H21F3N4/c1-12-6-7-14(9-13(12)2)16-10-15(25-17(11-23)26-16)5-4-8-24-19(3,22)18(20)21/h6-7,9-10,18,24H,4-5,8H2,1-3H3. The number of alkyl halides is 3. The Kier molecular flexibility index (Phi) is 6.32. The van der Waals surface area contributed by atoms with Crippen molar-refractivity contribution in [3.8, 4) is 17.3 Å². The van der Waals surface area contributed by atoms with E-state index in [2.05, 4.69) is 15.3 Å². The molecule has 0 fully saturated rings. The largest absolute Gasteiger partial charge is 0.285 e. The molecule has 1 unspecified atom stereocenters. The number of aromatic nitrogens is 2. The molecule has 7 heteroatoms. The van der Waals surface area contributed by atoms with E-state index >= 15 is 0 Å². The number of halogens is 3. The molecule has 2 aromatic rings. The van der Waals surface area contributed by atoms with E-state index in [0.29, 0.717) is 24.2 Å². The lowest BCUT2D eigenvalue weighted by Gasteiger charge is -2.20. The second-order valence-corrected chi connectivity index (χ2v) is 6.39. The summed E-state index contributed by atoms with van der Waals surface area (Å²) in [7, 11) is 0. The van der Waals surface area contributed by atoms with E-state index in [1.165, 1.54) is 0 Å². The Morgan fingerprint density at radius 1 is 1.19 bits per heavy atom. The fourth-order valence-corrected chi connectivity index (χ4v) is 2.40. The quantitative estimate of drug-likeness (QED) is 0.595. The van der Waals surface area contributed by atoms with E-state index in [-0.39, 0.29) is 12.4 Å². The van der Waals surface area contributed by atoms with Crippen LogP contribution in [-0.4, -0.2) is 28.7 Å². The maximum Gasteiger partial charge on any atom is 0.285 e. The van der Waals surface area contributed by atoms with Crippen molar-refractivity contribution in [2.75, 3.05) is 6.54 Å². The van der Waals surface area contributed by atoms with Crippen molar-refractivity contribution in [2.24, 2.45) is 0 Å². The molecular formula is C19H21F3N4. The summed E-state index contributed by atoms with van der Waals surface area (Å²) >= 11 is 0. The van der Waals surface area contributed by atoms with Crippen molar-refractivity contribution < 1.29 is 13.2 Å². The van der Waals surface area contributed by atoms with Crippen LogP contribution < -0.4 is 5.32 Å². The van der Waals surface area contributed by atoms with Gasteiger partial charge in [-0.3, -0.25) is 5.32 Å². The smallest absolute Gasteiger partial charge is 0.281 e. The molecular weight excluding hydrogens is 341 g/mol. The molecule has 0 saturated carbocycles. The highest BCUT2D eigenvalue weighted by Crippen LogP contribution is 2.22. The zero-order valence-corrected chi connectivity index (χ0v) is 15.0. The topological polar surface area (TPSA) is 61.6 Å². The molecule has 1 aromatic heterocycles. The zero-order valence-electron chi connectivity index (χ0n) is 15.0. The van der Waals surface area contributed by atoms with Gasteiger partial charge in [-0.2, -0.15) is 5.26 Å². The molecule has 138 valence electrons. The average Bonchev–Trinajstić information content (AvgIpc) is 2.60. The van der Waals surface area contributed by atoms with Gasteiger partial charge in [0.1, 0.15) is 6.07 Å². The number of rotatable bonds is 7.